The third kappa shape index (κ3) is 5.23. The van der Waals surface area contributed by atoms with Gasteiger partial charge >= 0.3 is 6.18 Å². The molecule has 1 rings (SSSR count). The Kier molecular flexibility index (Phi) is 5.02. The van der Waals surface area contributed by atoms with Gasteiger partial charge in [0.15, 0.2) is 0 Å². The standard InChI is InChI=1S/C11H17F3N2O/c1-2-3-16(8-11(12,13)14)6-10-4-9(5-15)7-17-10/h4,7H,2-3,5-6,8,15H2,1H3. The predicted molar refractivity (Wildman–Crippen MR) is 58.2 cm³/mol. The molecule has 17 heavy (non-hydrogen) atoms. The average molecular weight is 250 g/mol. The van der Waals surface area contributed by atoms with Gasteiger partial charge in [-0.25, -0.2) is 0 Å². The summed E-state index contributed by atoms with van der Waals surface area (Å²) >= 11 is 0. The minimum Gasteiger partial charge on any atom is -0.468 e. The van der Waals surface area contributed by atoms with Gasteiger partial charge in [-0.2, -0.15) is 13.2 Å². The molecule has 0 saturated heterocycles. The molecule has 0 radical (unpaired) electrons. The third-order valence-electron chi connectivity index (χ3n) is 2.27. The number of hydrogen-bond donors (Lipinski definition) is 1. The highest BCUT2D eigenvalue weighted by molar-refractivity contribution is 5.12. The van der Waals surface area contributed by atoms with Crippen molar-refractivity contribution < 1.29 is 17.6 Å². The van der Waals surface area contributed by atoms with Gasteiger partial charge in [0.2, 0.25) is 0 Å². The summed E-state index contributed by atoms with van der Waals surface area (Å²) in [5.74, 6) is 0.517. The summed E-state index contributed by atoms with van der Waals surface area (Å²) in [6.07, 6.45) is -2.04. The van der Waals surface area contributed by atoms with Gasteiger partial charge in [-0.05, 0) is 19.0 Å². The Balaban J connectivity index is 2.59. The van der Waals surface area contributed by atoms with Crippen LogP contribution in [0.4, 0.5) is 13.2 Å². The van der Waals surface area contributed by atoms with Crippen LogP contribution in [0.5, 0.6) is 0 Å². The first-order valence-electron chi connectivity index (χ1n) is 5.50. The molecular weight excluding hydrogens is 233 g/mol. The second kappa shape index (κ2) is 6.07. The molecule has 0 saturated carbocycles. The highest BCUT2D eigenvalue weighted by atomic mass is 19.4. The van der Waals surface area contributed by atoms with Crippen LogP contribution in [0.1, 0.15) is 24.7 Å². The van der Waals surface area contributed by atoms with Crippen LogP contribution in [0.3, 0.4) is 0 Å². The summed E-state index contributed by atoms with van der Waals surface area (Å²) < 4.78 is 42.1. The normalized spacial score (nSPS) is 12.4. The molecular formula is C11H17F3N2O. The van der Waals surface area contributed by atoms with Crippen LogP contribution in [-0.2, 0) is 13.1 Å². The monoisotopic (exact) mass is 250 g/mol. The van der Waals surface area contributed by atoms with Crippen molar-refractivity contribution in [2.24, 2.45) is 5.73 Å². The first kappa shape index (κ1) is 14.1. The van der Waals surface area contributed by atoms with E-state index in [4.69, 9.17) is 10.2 Å². The van der Waals surface area contributed by atoms with E-state index in [0.717, 1.165) is 5.56 Å². The van der Waals surface area contributed by atoms with Crippen molar-refractivity contribution in [2.45, 2.75) is 32.6 Å². The number of nitrogens with zero attached hydrogens (tertiary/aromatic N) is 1. The van der Waals surface area contributed by atoms with Gasteiger partial charge in [0.1, 0.15) is 5.76 Å². The van der Waals surface area contributed by atoms with Crippen LogP contribution in [0.2, 0.25) is 0 Å². The fourth-order valence-electron chi connectivity index (χ4n) is 1.62. The van der Waals surface area contributed by atoms with E-state index >= 15 is 0 Å². The Morgan fingerprint density at radius 1 is 1.41 bits per heavy atom. The van der Waals surface area contributed by atoms with E-state index in [1.54, 1.807) is 6.07 Å². The molecule has 3 nitrogen and oxygen atoms in total. The van der Waals surface area contributed by atoms with Crippen molar-refractivity contribution in [3.8, 4) is 0 Å². The molecule has 6 heteroatoms. The Morgan fingerprint density at radius 3 is 2.59 bits per heavy atom. The molecule has 0 atom stereocenters. The van der Waals surface area contributed by atoms with Crippen molar-refractivity contribution >= 4 is 0 Å². The second-order valence-electron chi connectivity index (χ2n) is 3.95. The molecule has 1 heterocycles. The van der Waals surface area contributed by atoms with Crippen molar-refractivity contribution in [1.29, 1.82) is 0 Å². The second-order valence-corrected chi connectivity index (χ2v) is 3.95. The van der Waals surface area contributed by atoms with Gasteiger partial charge in [-0.1, -0.05) is 6.92 Å². The summed E-state index contributed by atoms with van der Waals surface area (Å²) in [7, 11) is 0. The van der Waals surface area contributed by atoms with Gasteiger partial charge in [-0.3, -0.25) is 4.90 Å². The molecule has 0 unspecified atom stereocenters. The van der Waals surface area contributed by atoms with Crippen molar-refractivity contribution in [3.05, 3.63) is 23.7 Å². The zero-order valence-corrected chi connectivity index (χ0v) is 9.76. The Morgan fingerprint density at radius 2 is 2.12 bits per heavy atom. The van der Waals surface area contributed by atoms with E-state index in [-0.39, 0.29) is 6.54 Å². The molecule has 0 aromatic carbocycles. The Labute approximate surface area is 98.4 Å². The van der Waals surface area contributed by atoms with Crippen molar-refractivity contribution in [2.75, 3.05) is 13.1 Å². The van der Waals surface area contributed by atoms with Crippen molar-refractivity contribution in [3.63, 3.8) is 0 Å². The van der Waals surface area contributed by atoms with Gasteiger partial charge in [0, 0.05) is 12.1 Å². The number of rotatable bonds is 6. The minimum absolute atomic E-state index is 0.160. The first-order valence-corrected chi connectivity index (χ1v) is 5.50. The summed E-state index contributed by atoms with van der Waals surface area (Å²) in [5, 5.41) is 0. The van der Waals surface area contributed by atoms with Crippen LogP contribution < -0.4 is 5.73 Å². The lowest BCUT2D eigenvalue weighted by Gasteiger charge is -2.21. The highest BCUT2D eigenvalue weighted by Crippen LogP contribution is 2.19. The van der Waals surface area contributed by atoms with Gasteiger partial charge < -0.3 is 10.2 Å². The number of furan rings is 1. The molecule has 0 aliphatic heterocycles. The first-order chi connectivity index (χ1) is 7.94. The Bertz CT molecular complexity index is 336. The number of nitrogens with two attached hydrogens (primary N) is 1. The zero-order valence-electron chi connectivity index (χ0n) is 9.76. The summed E-state index contributed by atoms with van der Waals surface area (Å²) in [6, 6.07) is 1.69. The lowest BCUT2D eigenvalue weighted by Crippen LogP contribution is -2.34. The van der Waals surface area contributed by atoms with Crippen LogP contribution in [-0.4, -0.2) is 24.2 Å². The minimum atomic E-state index is -4.18. The number of hydrogen-bond acceptors (Lipinski definition) is 3. The molecule has 0 aliphatic rings. The van der Waals surface area contributed by atoms with Gasteiger partial charge in [-0.15, -0.1) is 0 Å². The molecule has 1 aromatic heterocycles. The number of halogens is 3. The fourth-order valence-corrected chi connectivity index (χ4v) is 1.62. The maximum atomic E-state index is 12.3. The highest BCUT2D eigenvalue weighted by Gasteiger charge is 2.30. The van der Waals surface area contributed by atoms with E-state index in [9.17, 15) is 13.2 Å². The van der Waals surface area contributed by atoms with Crippen LogP contribution >= 0.6 is 0 Å². The molecule has 0 aliphatic carbocycles. The maximum Gasteiger partial charge on any atom is 0.401 e. The van der Waals surface area contributed by atoms with Crippen LogP contribution in [0.25, 0.3) is 0 Å². The van der Waals surface area contributed by atoms with E-state index < -0.39 is 12.7 Å². The van der Waals surface area contributed by atoms with Gasteiger partial charge in [0.05, 0.1) is 19.4 Å². The summed E-state index contributed by atoms with van der Waals surface area (Å²) in [5.41, 5.74) is 6.20. The SMILES string of the molecule is CCCN(Cc1cc(CN)co1)CC(F)(F)F. The molecule has 1 aromatic rings. The molecule has 0 spiro atoms. The maximum absolute atomic E-state index is 12.3. The number of alkyl halides is 3. The van der Waals surface area contributed by atoms with Crippen LogP contribution in [0.15, 0.2) is 16.7 Å². The topological polar surface area (TPSA) is 42.4 Å². The third-order valence-corrected chi connectivity index (χ3v) is 2.27. The Hall–Kier alpha value is -1.01. The lowest BCUT2D eigenvalue weighted by molar-refractivity contribution is -0.147. The predicted octanol–water partition coefficient (Wildman–Crippen LogP) is 2.51. The van der Waals surface area contributed by atoms with E-state index in [0.29, 0.717) is 25.3 Å². The molecule has 0 fully saturated rings. The van der Waals surface area contributed by atoms with E-state index in [1.807, 2.05) is 6.92 Å². The molecule has 0 bridgehead atoms. The van der Waals surface area contributed by atoms with E-state index in [2.05, 4.69) is 0 Å². The largest absolute Gasteiger partial charge is 0.468 e. The van der Waals surface area contributed by atoms with Crippen LogP contribution in [0, 0.1) is 0 Å². The lowest BCUT2D eigenvalue weighted by atomic mass is 10.3. The molecule has 2 N–H and O–H groups in total. The quantitative estimate of drug-likeness (QED) is 0.843. The summed E-state index contributed by atoms with van der Waals surface area (Å²) in [6.45, 7) is 1.80. The molecule has 98 valence electrons. The van der Waals surface area contributed by atoms with Crippen molar-refractivity contribution in [1.82, 2.24) is 4.90 Å². The molecule has 0 amide bonds. The smallest absolute Gasteiger partial charge is 0.401 e. The van der Waals surface area contributed by atoms with E-state index in [1.165, 1.54) is 11.2 Å². The van der Waals surface area contributed by atoms with Gasteiger partial charge in [0.25, 0.3) is 0 Å². The fraction of sp³-hybridized carbons (Fsp3) is 0.636. The zero-order chi connectivity index (χ0) is 12.9. The average Bonchev–Trinajstić information content (AvgIpc) is 2.63. The summed E-state index contributed by atoms with van der Waals surface area (Å²) in [4.78, 5) is 1.32.